The lowest BCUT2D eigenvalue weighted by Gasteiger charge is -2.05. The summed E-state index contributed by atoms with van der Waals surface area (Å²) in [5.41, 5.74) is 4.67. The number of benzene rings is 1. The number of carboxylic acid groups (broad SMARTS) is 1. The van der Waals surface area contributed by atoms with Gasteiger partial charge >= 0.3 is 0 Å². The van der Waals surface area contributed by atoms with Crippen molar-refractivity contribution in [1.82, 2.24) is 20.0 Å². The highest BCUT2D eigenvalue weighted by molar-refractivity contribution is 6.02. The fourth-order valence-corrected chi connectivity index (χ4v) is 4.01. The first-order valence-corrected chi connectivity index (χ1v) is 11.2. The molecule has 0 amide bonds. The SMILES string of the molecule is CC(=O)O.CC1CN=C(c2ccc3cc(-c4ccc5nc(C6=NCC(C)N6)cn5c4)oc3c2)N1. The average molecular weight is 459 g/mol. The molecule has 0 fully saturated rings. The van der Waals surface area contributed by atoms with Gasteiger partial charge in [0.25, 0.3) is 5.97 Å². The van der Waals surface area contributed by atoms with Crippen LogP contribution < -0.4 is 10.6 Å². The fourth-order valence-electron chi connectivity index (χ4n) is 4.01. The van der Waals surface area contributed by atoms with Crippen LogP contribution in [0.1, 0.15) is 32.0 Å². The Kier molecular flexibility index (Phi) is 5.53. The summed E-state index contributed by atoms with van der Waals surface area (Å²) in [6.07, 6.45) is 4.06. The van der Waals surface area contributed by atoms with E-state index in [1.165, 1.54) is 0 Å². The summed E-state index contributed by atoms with van der Waals surface area (Å²) in [5, 5.41) is 15.3. The molecule has 9 heteroatoms. The van der Waals surface area contributed by atoms with Crippen LogP contribution in [0.4, 0.5) is 0 Å². The molecule has 5 heterocycles. The number of pyridine rings is 1. The largest absolute Gasteiger partial charge is 0.481 e. The smallest absolute Gasteiger partial charge is 0.300 e. The molecule has 4 aromatic rings. The Morgan fingerprint density at radius 3 is 2.35 bits per heavy atom. The van der Waals surface area contributed by atoms with Crippen molar-refractivity contribution in [3.63, 3.8) is 0 Å². The van der Waals surface area contributed by atoms with E-state index in [0.717, 1.165) is 70.9 Å². The first kappa shape index (κ1) is 21.7. The zero-order valence-corrected chi connectivity index (χ0v) is 19.2. The maximum absolute atomic E-state index is 9.00. The van der Waals surface area contributed by atoms with E-state index in [0.29, 0.717) is 12.1 Å². The number of aromatic nitrogens is 2. The van der Waals surface area contributed by atoms with Gasteiger partial charge in [-0.25, -0.2) is 4.98 Å². The molecule has 174 valence electrons. The fraction of sp³-hybridized carbons (Fsp3) is 0.280. The number of nitrogens with one attached hydrogen (secondary N) is 2. The molecule has 2 aliphatic heterocycles. The van der Waals surface area contributed by atoms with Crippen molar-refractivity contribution in [3.05, 3.63) is 60.0 Å². The van der Waals surface area contributed by atoms with Crippen molar-refractivity contribution in [2.45, 2.75) is 32.9 Å². The van der Waals surface area contributed by atoms with E-state index in [9.17, 15) is 0 Å². The van der Waals surface area contributed by atoms with Gasteiger partial charge < -0.3 is 24.6 Å². The second kappa shape index (κ2) is 8.66. The van der Waals surface area contributed by atoms with E-state index in [1.807, 2.05) is 28.9 Å². The second-order valence-electron chi connectivity index (χ2n) is 8.66. The number of rotatable bonds is 3. The van der Waals surface area contributed by atoms with Crippen molar-refractivity contribution in [2.75, 3.05) is 13.1 Å². The lowest BCUT2D eigenvalue weighted by atomic mass is 10.1. The van der Waals surface area contributed by atoms with Crippen molar-refractivity contribution in [1.29, 1.82) is 0 Å². The molecule has 2 atom stereocenters. The molecule has 6 rings (SSSR count). The van der Waals surface area contributed by atoms with Gasteiger partial charge in [0.15, 0.2) is 0 Å². The molecule has 0 saturated heterocycles. The van der Waals surface area contributed by atoms with Crippen LogP contribution in [-0.4, -0.2) is 57.3 Å². The molecule has 34 heavy (non-hydrogen) atoms. The van der Waals surface area contributed by atoms with Crippen molar-refractivity contribution < 1.29 is 14.3 Å². The molecule has 0 spiro atoms. The summed E-state index contributed by atoms with van der Waals surface area (Å²) in [6.45, 7) is 6.93. The number of aliphatic carboxylic acids is 1. The lowest BCUT2D eigenvalue weighted by Crippen LogP contribution is -2.27. The predicted octanol–water partition coefficient (Wildman–Crippen LogP) is 3.32. The third-order valence-electron chi connectivity index (χ3n) is 5.58. The first-order chi connectivity index (χ1) is 16.4. The molecule has 0 bridgehead atoms. The molecule has 1 aromatic carbocycles. The topological polar surface area (TPSA) is 117 Å². The quantitative estimate of drug-likeness (QED) is 0.434. The number of imidazole rings is 1. The highest BCUT2D eigenvalue weighted by atomic mass is 16.4. The van der Waals surface area contributed by atoms with E-state index in [4.69, 9.17) is 14.3 Å². The summed E-state index contributed by atoms with van der Waals surface area (Å²) >= 11 is 0. The van der Waals surface area contributed by atoms with E-state index >= 15 is 0 Å². The molecular formula is C25H26N6O3. The Labute approximate surface area is 196 Å². The monoisotopic (exact) mass is 458 g/mol. The van der Waals surface area contributed by atoms with Crippen molar-refractivity contribution in [2.24, 2.45) is 9.98 Å². The van der Waals surface area contributed by atoms with Crippen LogP contribution >= 0.6 is 0 Å². The van der Waals surface area contributed by atoms with Crippen LogP contribution in [0.25, 0.3) is 27.9 Å². The lowest BCUT2D eigenvalue weighted by molar-refractivity contribution is -0.134. The number of furan rings is 1. The van der Waals surface area contributed by atoms with E-state index in [-0.39, 0.29) is 0 Å². The van der Waals surface area contributed by atoms with E-state index < -0.39 is 5.97 Å². The summed E-state index contributed by atoms with van der Waals surface area (Å²) in [4.78, 5) is 22.8. The number of amidine groups is 2. The third kappa shape index (κ3) is 4.36. The predicted molar refractivity (Wildman–Crippen MR) is 132 cm³/mol. The van der Waals surface area contributed by atoms with Crippen LogP contribution in [-0.2, 0) is 4.79 Å². The molecule has 9 nitrogen and oxygen atoms in total. The van der Waals surface area contributed by atoms with E-state index in [2.05, 4.69) is 63.7 Å². The molecule has 2 unspecified atom stereocenters. The number of carboxylic acids is 1. The minimum atomic E-state index is -0.833. The van der Waals surface area contributed by atoms with Gasteiger partial charge in [-0.15, -0.1) is 0 Å². The van der Waals surface area contributed by atoms with Gasteiger partial charge in [-0.3, -0.25) is 14.8 Å². The van der Waals surface area contributed by atoms with Gasteiger partial charge in [-0.1, -0.05) is 12.1 Å². The van der Waals surface area contributed by atoms with Crippen LogP contribution in [0, 0.1) is 0 Å². The number of hydrogen-bond donors (Lipinski definition) is 3. The third-order valence-corrected chi connectivity index (χ3v) is 5.58. The molecule has 0 aliphatic carbocycles. The first-order valence-electron chi connectivity index (χ1n) is 11.2. The minimum Gasteiger partial charge on any atom is -0.481 e. The van der Waals surface area contributed by atoms with Gasteiger partial charge in [-0.05, 0) is 38.1 Å². The summed E-state index contributed by atoms with van der Waals surface area (Å²) in [5.74, 6) is 1.80. The Bertz CT molecular complexity index is 1420. The average Bonchev–Trinajstić information content (AvgIpc) is 3.57. The Morgan fingerprint density at radius 2 is 1.68 bits per heavy atom. The van der Waals surface area contributed by atoms with Gasteiger partial charge in [0.2, 0.25) is 0 Å². The molecular weight excluding hydrogens is 432 g/mol. The minimum absolute atomic E-state index is 0.356. The van der Waals surface area contributed by atoms with Gasteiger partial charge in [0.05, 0.1) is 13.1 Å². The van der Waals surface area contributed by atoms with Gasteiger partial charge in [0.1, 0.15) is 34.4 Å². The molecule has 2 aliphatic rings. The number of fused-ring (bicyclic) bond motifs is 2. The number of hydrogen-bond acceptors (Lipinski definition) is 7. The van der Waals surface area contributed by atoms with Crippen LogP contribution in [0.5, 0.6) is 0 Å². The molecule has 3 aromatic heterocycles. The molecule has 0 saturated carbocycles. The van der Waals surface area contributed by atoms with E-state index in [1.54, 1.807) is 0 Å². The Hall–Kier alpha value is -4.14. The van der Waals surface area contributed by atoms with Crippen LogP contribution in [0.3, 0.4) is 0 Å². The normalized spacial score (nSPS) is 19.3. The summed E-state index contributed by atoms with van der Waals surface area (Å²) < 4.78 is 8.22. The number of nitrogens with zero attached hydrogens (tertiary/aromatic N) is 4. The maximum atomic E-state index is 9.00. The van der Waals surface area contributed by atoms with Crippen molar-refractivity contribution >= 4 is 34.3 Å². The zero-order valence-electron chi connectivity index (χ0n) is 19.2. The maximum Gasteiger partial charge on any atom is 0.300 e. The van der Waals surface area contributed by atoms with Crippen LogP contribution in [0.15, 0.2) is 63.2 Å². The Balaban J connectivity index is 0.000000560. The van der Waals surface area contributed by atoms with Gasteiger partial charge in [0, 0.05) is 47.9 Å². The Morgan fingerprint density at radius 1 is 1.00 bits per heavy atom. The molecule has 0 radical (unpaired) electrons. The summed E-state index contributed by atoms with van der Waals surface area (Å²) in [7, 11) is 0. The zero-order chi connectivity index (χ0) is 23.8. The summed E-state index contributed by atoms with van der Waals surface area (Å²) in [6, 6.07) is 13.1. The standard InChI is InChI=1S/C23H22N6O.C2H4O2/c1-13-9-24-22(26-13)16-4-3-15-7-20(30-19(15)8-16)17-5-6-21-28-18(12-29(21)11-17)23-25-10-14(2)27-23;1-2(3)4/h3-8,11-14H,9-10H2,1-2H3,(H,24,26)(H,25,27);1H3,(H,3,4). The number of carbonyl (C=O) groups is 1. The molecule has 3 N–H and O–H groups in total. The van der Waals surface area contributed by atoms with Crippen molar-refractivity contribution in [3.8, 4) is 11.3 Å². The highest BCUT2D eigenvalue weighted by Crippen LogP contribution is 2.29. The van der Waals surface area contributed by atoms with Crippen LogP contribution in [0.2, 0.25) is 0 Å². The highest BCUT2D eigenvalue weighted by Gasteiger charge is 2.18. The second-order valence-corrected chi connectivity index (χ2v) is 8.66. The number of aliphatic imine (C=N–C) groups is 2. The van der Waals surface area contributed by atoms with Gasteiger partial charge in [-0.2, -0.15) is 0 Å².